The SMILES string of the molecule is CCC(=O)NNS(=O)(=O)c1ccc(NC(C)=O)cc1. The molecule has 0 fully saturated rings. The molecule has 0 saturated heterocycles. The lowest BCUT2D eigenvalue weighted by Gasteiger charge is -2.08. The average Bonchev–Trinajstić information content (AvgIpc) is 2.36. The minimum absolute atomic E-state index is 0.0157. The number of hydrogen-bond acceptors (Lipinski definition) is 4. The van der Waals surface area contributed by atoms with Crippen molar-refractivity contribution in [2.24, 2.45) is 0 Å². The third-order valence-electron chi connectivity index (χ3n) is 2.13. The number of amides is 2. The van der Waals surface area contributed by atoms with E-state index in [1.807, 2.05) is 4.83 Å². The maximum absolute atomic E-state index is 11.8. The molecule has 0 unspecified atom stereocenters. The summed E-state index contributed by atoms with van der Waals surface area (Å²) in [6, 6.07) is 5.56. The van der Waals surface area contributed by atoms with E-state index >= 15 is 0 Å². The van der Waals surface area contributed by atoms with Crippen LogP contribution in [0.25, 0.3) is 0 Å². The fourth-order valence-corrected chi connectivity index (χ4v) is 2.05. The van der Waals surface area contributed by atoms with E-state index in [4.69, 9.17) is 0 Å². The highest BCUT2D eigenvalue weighted by Gasteiger charge is 2.14. The van der Waals surface area contributed by atoms with Crippen molar-refractivity contribution < 1.29 is 18.0 Å². The molecule has 0 aliphatic rings. The minimum atomic E-state index is -3.81. The van der Waals surface area contributed by atoms with Gasteiger partial charge in [-0.05, 0) is 24.3 Å². The molecule has 0 heterocycles. The van der Waals surface area contributed by atoms with Crippen molar-refractivity contribution in [3.8, 4) is 0 Å². The van der Waals surface area contributed by atoms with Gasteiger partial charge in [-0.3, -0.25) is 15.0 Å². The van der Waals surface area contributed by atoms with Crippen LogP contribution in [0.2, 0.25) is 0 Å². The van der Waals surface area contributed by atoms with Crippen LogP contribution in [0.15, 0.2) is 29.2 Å². The Kier molecular flexibility index (Phi) is 5.02. The van der Waals surface area contributed by atoms with E-state index in [1.54, 1.807) is 6.92 Å². The Morgan fingerprint density at radius 1 is 1.16 bits per heavy atom. The van der Waals surface area contributed by atoms with Gasteiger partial charge in [0.1, 0.15) is 0 Å². The summed E-state index contributed by atoms with van der Waals surface area (Å²) in [7, 11) is -3.81. The van der Waals surface area contributed by atoms with Gasteiger partial charge >= 0.3 is 0 Å². The van der Waals surface area contributed by atoms with Gasteiger partial charge in [0.05, 0.1) is 4.90 Å². The number of hydrogen-bond donors (Lipinski definition) is 3. The smallest absolute Gasteiger partial charge is 0.257 e. The summed E-state index contributed by atoms with van der Waals surface area (Å²) in [5.74, 6) is -0.678. The predicted octanol–water partition coefficient (Wildman–Crippen LogP) is 0.364. The lowest BCUT2D eigenvalue weighted by molar-refractivity contribution is -0.121. The quantitative estimate of drug-likeness (QED) is 0.679. The Bertz CT molecular complexity index is 566. The first kappa shape index (κ1) is 15.1. The molecule has 0 aliphatic heterocycles. The number of sulfonamides is 1. The van der Waals surface area contributed by atoms with Crippen molar-refractivity contribution in [2.45, 2.75) is 25.2 Å². The van der Waals surface area contributed by atoms with Crippen molar-refractivity contribution in [1.82, 2.24) is 10.3 Å². The Balaban J connectivity index is 2.79. The molecule has 0 aliphatic carbocycles. The van der Waals surface area contributed by atoms with Crippen LogP contribution in [-0.4, -0.2) is 20.2 Å². The molecule has 7 nitrogen and oxygen atoms in total. The highest BCUT2D eigenvalue weighted by Crippen LogP contribution is 2.13. The summed E-state index contributed by atoms with van der Waals surface area (Å²) >= 11 is 0. The molecule has 3 N–H and O–H groups in total. The molecule has 0 radical (unpaired) electrons. The number of benzene rings is 1. The van der Waals surface area contributed by atoms with Gasteiger partial charge in [-0.15, -0.1) is 4.83 Å². The van der Waals surface area contributed by atoms with Crippen molar-refractivity contribution >= 4 is 27.5 Å². The van der Waals surface area contributed by atoms with E-state index in [0.717, 1.165) is 0 Å². The van der Waals surface area contributed by atoms with E-state index < -0.39 is 15.9 Å². The predicted molar refractivity (Wildman–Crippen MR) is 69.5 cm³/mol. The van der Waals surface area contributed by atoms with E-state index in [2.05, 4.69) is 10.7 Å². The van der Waals surface area contributed by atoms with Crippen LogP contribution in [0.5, 0.6) is 0 Å². The van der Waals surface area contributed by atoms with Gasteiger partial charge in [0.2, 0.25) is 11.8 Å². The molecular formula is C11H15N3O4S. The molecular weight excluding hydrogens is 270 g/mol. The fourth-order valence-electron chi connectivity index (χ4n) is 1.19. The van der Waals surface area contributed by atoms with Crippen LogP contribution in [0, 0.1) is 0 Å². The molecule has 104 valence electrons. The average molecular weight is 285 g/mol. The molecule has 2 amide bonds. The number of carbonyl (C=O) groups is 2. The van der Waals surface area contributed by atoms with E-state index in [-0.39, 0.29) is 17.2 Å². The second-order valence-electron chi connectivity index (χ2n) is 3.71. The summed E-state index contributed by atoms with van der Waals surface area (Å²) in [6.45, 7) is 2.96. The number of hydrazine groups is 1. The largest absolute Gasteiger partial charge is 0.326 e. The lowest BCUT2D eigenvalue weighted by atomic mass is 10.3. The Morgan fingerprint density at radius 2 is 1.74 bits per heavy atom. The maximum Gasteiger partial charge on any atom is 0.257 e. The molecule has 0 bridgehead atoms. The van der Waals surface area contributed by atoms with Crippen molar-refractivity contribution in [2.75, 3.05) is 5.32 Å². The highest BCUT2D eigenvalue weighted by atomic mass is 32.2. The van der Waals surface area contributed by atoms with E-state index in [0.29, 0.717) is 5.69 Å². The number of anilines is 1. The molecule has 0 atom stereocenters. The molecule has 1 aromatic carbocycles. The Labute approximate surface area is 111 Å². The third kappa shape index (κ3) is 4.68. The van der Waals surface area contributed by atoms with Crippen LogP contribution in [0.1, 0.15) is 20.3 Å². The summed E-state index contributed by atoms with van der Waals surface area (Å²) < 4.78 is 23.5. The highest BCUT2D eigenvalue weighted by molar-refractivity contribution is 7.89. The van der Waals surface area contributed by atoms with Crippen LogP contribution < -0.4 is 15.6 Å². The van der Waals surface area contributed by atoms with Gasteiger partial charge in [0.25, 0.3) is 10.0 Å². The fraction of sp³-hybridized carbons (Fsp3) is 0.273. The minimum Gasteiger partial charge on any atom is -0.326 e. The van der Waals surface area contributed by atoms with Crippen LogP contribution >= 0.6 is 0 Å². The topological polar surface area (TPSA) is 104 Å². The van der Waals surface area contributed by atoms with Crippen molar-refractivity contribution in [3.05, 3.63) is 24.3 Å². The second-order valence-corrected chi connectivity index (χ2v) is 5.40. The molecule has 0 aromatic heterocycles. The van der Waals surface area contributed by atoms with Gasteiger partial charge in [0, 0.05) is 19.0 Å². The van der Waals surface area contributed by atoms with Gasteiger partial charge in [0.15, 0.2) is 0 Å². The van der Waals surface area contributed by atoms with Crippen LogP contribution in [0.4, 0.5) is 5.69 Å². The molecule has 0 spiro atoms. The van der Waals surface area contributed by atoms with Crippen molar-refractivity contribution in [3.63, 3.8) is 0 Å². The third-order valence-corrected chi connectivity index (χ3v) is 3.39. The Hall–Kier alpha value is -1.93. The van der Waals surface area contributed by atoms with Crippen LogP contribution in [-0.2, 0) is 19.6 Å². The summed E-state index contributed by atoms with van der Waals surface area (Å²) in [6.07, 6.45) is 0.171. The maximum atomic E-state index is 11.8. The molecule has 19 heavy (non-hydrogen) atoms. The number of rotatable bonds is 5. The standard InChI is InChI=1S/C11H15N3O4S/c1-3-11(16)13-14-19(17,18)10-6-4-9(5-7-10)12-8(2)15/h4-7,14H,3H2,1-2H3,(H,12,15)(H,13,16). The summed E-state index contributed by atoms with van der Waals surface area (Å²) in [4.78, 5) is 23.8. The first-order valence-electron chi connectivity index (χ1n) is 5.53. The molecule has 0 saturated carbocycles. The number of carbonyl (C=O) groups excluding carboxylic acids is 2. The number of nitrogens with one attached hydrogen (secondary N) is 3. The lowest BCUT2D eigenvalue weighted by Crippen LogP contribution is -2.41. The first-order chi connectivity index (χ1) is 8.85. The molecule has 1 aromatic rings. The van der Waals surface area contributed by atoms with Gasteiger partial charge in [-0.2, -0.15) is 0 Å². The molecule has 1 rings (SSSR count). The van der Waals surface area contributed by atoms with Gasteiger partial charge in [-0.25, -0.2) is 8.42 Å². The monoisotopic (exact) mass is 285 g/mol. The Morgan fingerprint density at radius 3 is 2.21 bits per heavy atom. The van der Waals surface area contributed by atoms with E-state index in [1.165, 1.54) is 31.2 Å². The second kappa shape index (κ2) is 6.30. The van der Waals surface area contributed by atoms with Gasteiger partial charge in [-0.1, -0.05) is 6.92 Å². The van der Waals surface area contributed by atoms with Gasteiger partial charge < -0.3 is 5.32 Å². The zero-order chi connectivity index (χ0) is 14.5. The summed E-state index contributed by atoms with van der Waals surface area (Å²) in [5, 5.41) is 2.52. The normalized spacial score (nSPS) is 10.8. The zero-order valence-electron chi connectivity index (χ0n) is 10.6. The van der Waals surface area contributed by atoms with Crippen molar-refractivity contribution in [1.29, 1.82) is 0 Å². The molecule has 8 heteroatoms. The van der Waals surface area contributed by atoms with Crippen LogP contribution in [0.3, 0.4) is 0 Å². The summed E-state index contributed by atoms with van der Waals surface area (Å²) in [5.41, 5.74) is 2.56. The van der Waals surface area contributed by atoms with E-state index in [9.17, 15) is 18.0 Å². The first-order valence-corrected chi connectivity index (χ1v) is 7.02. The zero-order valence-corrected chi connectivity index (χ0v) is 11.4.